The van der Waals surface area contributed by atoms with Crippen molar-refractivity contribution in [2.75, 3.05) is 20.3 Å². The fraction of sp³-hybridized carbons (Fsp3) is 0.300. The smallest absolute Gasteiger partial charge is 0.270 e. The Morgan fingerprint density at radius 2 is 2.38 bits per heavy atom. The average Bonchev–Trinajstić information content (AvgIpc) is 2.29. The van der Waals surface area contributed by atoms with Crippen molar-refractivity contribution in [1.29, 1.82) is 0 Å². The number of nitrogens with zero attached hydrogens (tertiary/aromatic N) is 1. The molecule has 86 valence electrons. The predicted octanol–water partition coefficient (Wildman–Crippen LogP) is 1.51. The van der Waals surface area contributed by atoms with Crippen molar-refractivity contribution in [3.63, 3.8) is 0 Å². The van der Waals surface area contributed by atoms with Crippen LogP contribution in [-0.4, -0.2) is 30.2 Å². The number of thiocarbonyl (C=S) groups is 1. The fourth-order valence-electron chi connectivity index (χ4n) is 1.13. The van der Waals surface area contributed by atoms with Crippen LogP contribution in [0.5, 0.6) is 0 Å². The SMILES string of the molecule is COCCNC(=S)c1cccc([N+](=O)[O-])c1. The number of hydrogen-bond donors (Lipinski definition) is 1. The van der Waals surface area contributed by atoms with Crippen LogP contribution in [-0.2, 0) is 4.74 Å². The number of nitro benzene ring substituents is 1. The molecule has 1 rings (SSSR count). The van der Waals surface area contributed by atoms with Crippen LogP contribution in [0.25, 0.3) is 0 Å². The molecule has 0 unspecified atom stereocenters. The normalized spacial score (nSPS) is 9.81. The number of ether oxygens (including phenoxy) is 1. The third-order valence-electron chi connectivity index (χ3n) is 1.91. The molecule has 16 heavy (non-hydrogen) atoms. The molecule has 0 aromatic heterocycles. The van der Waals surface area contributed by atoms with Crippen molar-refractivity contribution < 1.29 is 9.66 Å². The van der Waals surface area contributed by atoms with Crippen molar-refractivity contribution >= 4 is 22.9 Å². The van der Waals surface area contributed by atoms with E-state index in [9.17, 15) is 10.1 Å². The monoisotopic (exact) mass is 240 g/mol. The largest absolute Gasteiger partial charge is 0.383 e. The lowest BCUT2D eigenvalue weighted by molar-refractivity contribution is -0.384. The fourth-order valence-corrected chi connectivity index (χ4v) is 1.36. The zero-order valence-corrected chi connectivity index (χ0v) is 9.62. The average molecular weight is 240 g/mol. The van der Waals surface area contributed by atoms with Gasteiger partial charge < -0.3 is 10.1 Å². The first-order valence-corrected chi connectivity index (χ1v) is 5.07. The van der Waals surface area contributed by atoms with Gasteiger partial charge in [-0.05, 0) is 0 Å². The van der Waals surface area contributed by atoms with Crippen LogP contribution in [0.15, 0.2) is 24.3 Å². The van der Waals surface area contributed by atoms with Crippen molar-refractivity contribution in [2.45, 2.75) is 0 Å². The predicted molar refractivity (Wildman–Crippen MR) is 64.7 cm³/mol. The summed E-state index contributed by atoms with van der Waals surface area (Å²) in [5.41, 5.74) is 0.675. The Balaban J connectivity index is 2.68. The van der Waals surface area contributed by atoms with Crippen molar-refractivity contribution in [1.82, 2.24) is 5.32 Å². The van der Waals surface area contributed by atoms with E-state index >= 15 is 0 Å². The van der Waals surface area contributed by atoms with E-state index in [0.29, 0.717) is 23.7 Å². The summed E-state index contributed by atoms with van der Waals surface area (Å²) in [6.45, 7) is 1.12. The van der Waals surface area contributed by atoms with Gasteiger partial charge in [0.2, 0.25) is 0 Å². The van der Waals surface area contributed by atoms with Crippen LogP contribution in [0.2, 0.25) is 0 Å². The molecular formula is C10H12N2O3S. The number of nitro groups is 1. The molecule has 0 aliphatic heterocycles. The van der Waals surface area contributed by atoms with Crippen molar-refractivity contribution in [3.05, 3.63) is 39.9 Å². The van der Waals surface area contributed by atoms with Crippen LogP contribution in [0, 0.1) is 10.1 Å². The minimum atomic E-state index is -0.443. The zero-order chi connectivity index (χ0) is 12.0. The Labute approximate surface area is 98.6 Å². The summed E-state index contributed by atoms with van der Waals surface area (Å²) in [6.07, 6.45) is 0. The first-order valence-electron chi connectivity index (χ1n) is 4.66. The molecule has 1 aromatic carbocycles. The second-order valence-corrected chi connectivity index (χ2v) is 3.46. The van der Waals surface area contributed by atoms with E-state index in [4.69, 9.17) is 17.0 Å². The number of methoxy groups -OCH3 is 1. The highest BCUT2D eigenvalue weighted by Gasteiger charge is 2.08. The Bertz CT molecular complexity index is 395. The standard InChI is InChI=1S/C10H12N2O3S/c1-15-6-5-11-10(16)8-3-2-4-9(7-8)12(13)14/h2-4,7H,5-6H2,1H3,(H,11,16). The Morgan fingerprint density at radius 1 is 1.62 bits per heavy atom. The molecule has 0 fully saturated rings. The molecule has 0 saturated heterocycles. The molecule has 0 heterocycles. The summed E-state index contributed by atoms with van der Waals surface area (Å²) in [6, 6.07) is 6.22. The number of benzene rings is 1. The van der Waals surface area contributed by atoms with Crippen LogP contribution >= 0.6 is 12.2 Å². The van der Waals surface area contributed by atoms with Crippen LogP contribution in [0.3, 0.4) is 0 Å². The van der Waals surface area contributed by atoms with Gasteiger partial charge in [0.15, 0.2) is 0 Å². The maximum atomic E-state index is 10.6. The topological polar surface area (TPSA) is 64.4 Å². The molecule has 0 spiro atoms. The molecule has 0 amide bonds. The van der Waals surface area contributed by atoms with Gasteiger partial charge in [0, 0.05) is 31.4 Å². The number of rotatable bonds is 5. The highest BCUT2D eigenvalue weighted by Crippen LogP contribution is 2.13. The minimum absolute atomic E-state index is 0.0355. The molecule has 0 aliphatic carbocycles. The van der Waals surface area contributed by atoms with E-state index in [-0.39, 0.29) is 5.69 Å². The van der Waals surface area contributed by atoms with Gasteiger partial charge in [0.25, 0.3) is 5.69 Å². The van der Waals surface area contributed by atoms with Gasteiger partial charge in [0.1, 0.15) is 4.99 Å². The van der Waals surface area contributed by atoms with E-state index < -0.39 is 4.92 Å². The summed E-state index contributed by atoms with van der Waals surface area (Å²) < 4.78 is 4.86. The quantitative estimate of drug-likeness (QED) is 0.366. The van der Waals surface area contributed by atoms with E-state index in [0.717, 1.165) is 0 Å². The molecular weight excluding hydrogens is 228 g/mol. The molecule has 0 bridgehead atoms. The molecule has 0 aliphatic rings. The van der Waals surface area contributed by atoms with E-state index in [2.05, 4.69) is 5.32 Å². The summed E-state index contributed by atoms with van der Waals surface area (Å²) in [5, 5.41) is 13.5. The van der Waals surface area contributed by atoms with Gasteiger partial charge in [-0.2, -0.15) is 0 Å². The molecule has 6 heteroatoms. The van der Waals surface area contributed by atoms with Gasteiger partial charge >= 0.3 is 0 Å². The van der Waals surface area contributed by atoms with Gasteiger partial charge in [-0.25, -0.2) is 0 Å². The molecule has 0 radical (unpaired) electrons. The summed E-state index contributed by atoms with van der Waals surface area (Å²) in [7, 11) is 1.60. The van der Waals surface area contributed by atoms with E-state index in [1.165, 1.54) is 12.1 Å². The third kappa shape index (κ3) is 3.56. The Hall–Kier alpha value is -1.53. The number of non-ortho nitro benzene ring substituents is 1. The van der Waals surface area contributed by atoms with Crippen LogP contribution in [0.1, 0.15) is 5.56 Å². The van der Waals surface area contributed by atoms with Gasteiger partial charge in [-0.3, -0.25) is 10.1 Å². The van der Waals surface area contributed by atoms with Crippen LogP contribution in [0.4, 0.5) is 5.69 Å². The zero-order valence-electron chi connectivity index (χ0n) is 8.80. The maximum absolute atomic E-state index is 10.6. The van der Waals surface area contributed by atoms with Gasteiger partial charge in [-0.1, -0.05) is 24.4 Å². The lowest BCUT2D eigenvalue weighted by Gasteiger charge is -2.06. The number of hydrogen-bond acceptors (Lipinski definition) is 4. The minimum Gasteiger partial charge on any atom is -0.383 e. The van der Waals surface area contributed by atoms with Gasteiger partial charge in [-0.15, -0.1) is 0 Å². The molecule has 0 atom stereocenters. The first kappa shape index (κ1) is 12.5. The number of nitrogens with one attached hydrogen (secondary N) is 1. The second-order valence-electron chi connectivity index (χ2n) is 3.06. The second kappa shape index (κ2) is 6.14. The summed E-state index contributed by atoms with van der Waals surface area (Å²) in [4.78, 5) is 10.6. The van der Waals surface area contributed by atoms with Crippen LogP contribution < -0.4 is 5.32 Å². The lowest BCUT2D eigenvalue weighted by Crippen LogP contribution is -2.25. The van der Waals surface area contributed by atoms with E-state index in [1.54, 1.807) is 19.2 Å². The Kier molecular flexibility index (Phi) is 4.81. The molecule has 0 saturated carbocycles. The summed E-state index contributed by atoms with van der Waals surface area (Å²) in [5.74, 6) is 0. The molecule has 1 N–H and O–H groups in total. The molecule has 5 nitrogen and oxygen atoms in total. The Morgan fingerprint density at radius 3 is 3.00 bits per heavy atom. The third-order valence-corrected chi connectivity index (χ3v) is 2.29. The first-order chi connectivity index (χ1) is 7.65. The highest BCUT2D eigenvalue weighted by atomic mass is 32.1. The van der Waals surface area contributed by atoms with E-state index in [1.807, 2.05) is 0 Å². The highest BCUT2D eigenvalue weighted by molar-refractivity contribution is 7.80. The van der Waals surface area contributed by atoms with Crippen molar-refractivity contribution in [3.8, 4) is 0 Å². The van der Waals surface area contributed by atoms with Crippen molar-refractivity contribution in [2.24, 2.45) is 0 Å². The van der Waals surface area contributed by atoms with Gasteiger partial charge in [0.05, 0.1) is 11.5 Å². The maximum Gasteiger partial charge on any atom is 0.270 e. The molecule has 1 aromatic rings. The summed E-state index contributed by atoms with van der Waals surface area (Å²) >= 11 is 5.09. The lowest BCUT2D eigenvalue weighted by atomic mass is 10.2.